The Hall–Kier alpha value is -1.35. The van der Waals surface area contributed by atoms with Gasteiger partial charge in [-0.3, -0.25) is 4.79 Å². The molecule has 19 heavy (non-hydrogen) atoms. The van der Waals surface area contributed by atoms with Gasteiger partial charge in [0.1, 0.15) is 5.15 Å². The molecule has 3 nitrogen and oxygen atoms in total. The first-order chi connectivity index (χ1) is 8.79. The zero-order valence-corrected chi connectivity index (χ0v) is 12.8. The van der Waals surface area contributed by atoms with Crippen LogP contribution >= 0.6 is 11.6 Å². The second kappa shape index (κ2) is 6.20. The first-order valence-electron chi connectivity index (χ1n) is 6.37. The summed E-state index contributed by atoms with van der Waals surface area (Å²) in [6, 6.07) is 3.44. The summed E-state index contributed by atoms with van der Waals surface area (Å²) in [5, 5.41) is 0.352. The van der Waals surface area contributed by atoms with E-state index in [1.807, 2.05) is 33.8 Å². The number of nitrogens with zero attached hydrogens (tertiary/aromatic N) is 2. The van der Waals surface area contributed by atoms with Crippen LogP contribution in [0, 0.1) is 0 Å². The number of pyridine rings is 1. The van der Waals surface area contributed by atoms with Gasteiger partial charge in [0, 0.05) is 29.8 Å². The molecule has 0 aliphatic heterocycles. The number of likely N-dealkylation sites (N-methyl/N-ethyl adjacent to an activating group) is 1. The average molecular weight is 281 g/mol. The van der Waals surface area contributed by atoms with Crippen LogP contribution in [0.15, 0.2) is 24.8 Å². The van der Waals surface area contributed by atoms with Crippen molar-refractivity contribution in [1.29, 1.82) is 0 Å². The largest absolute Gasteiger partial charge is 0.335 e. The summed E-state index contributed by atoms with van der Waals surface area (Å²) < 4.78 is 0. The molecule has 1 aromatic heterocycles. The second-order valence-corrected chi connectivity index (χ2v) is 5.83. The SMILES string of the molecule is C=CCN(CC)C(=O)c1cc(Cl)nc(C(C)(C)C)c1. The molecular formula is C15H21ClN2O. The van der Waals surface area contributed by atoms with Crippen LogP contribution in [0.2, 0.25) is 5.15 Å². The number of carbonyl (C=O) groups excluding carboxylic acids is 1. The van der Waals surface area contributed by atoms with E-state index in [2.05, 4.69) is 11.6 Å². The van der Waals surface area contributed by atoms with Gasteiger partial charge in [-0.05, 0) is 19.1 Å². The van der Waals surface area contributed by atoms with Gasteiger partial charge in [0.2, 0.25) is 0 Å². The standard InChI is InChI=1S/C15H21ClN2O/c1-6-8-18(7-2)14(19)11-9-12(15(3,4)5)17-13(16)10-11/h6,9-10H,1,7-8H2,2-5H3. The molecule has 0 N–H and O–H groups in total. The van der Waals surface area contributed by atoms with E-state index < -0.39 is 0 Å². The lowest BCUT2D eigenvalue weighted by molar-refractivity contribution is 0.0782. The topological polar surface area (TPSA) is 33.2 Å². The summed E-state index contributed by atoms with van der Waals surface area (Å²) in [5.74, 6) is -0.0443. The molecule has 0 radical (unpaired) electrons. The van der Waals surface area contributed by atoms with Gasteiger partial charge < -0.3 is 4.90 Å². The Morgan fingerprint density at radius 1 is 1.47 bits per heavy atom. The van der Waals surface area contributed by atoms with Crippen LogP contribution in [0.25, 0.3) is 0 Å². The van der Waals surface area contributed by atoms with Crippen molar-refractivity contribution in [2.45, 2.75) is 33.1 Å². The summed E-state index contributed by atoms with van der Waals surface area (Å²) in [4.78, 5) is 18.4. The lowest BCUT2D eigenvalue weighted by Crippen LogP contribution is -2.31. The molecule has 4 heteroatoms. The zero-order chi connectivity index (χ0) is 14.6. The fraction of sp³-hybridized carbons (Fsp3) is 0.467. The minimum atomic E-state index is -0.143. The average Bonchev–Trinajstić information content (AvgIpc) is 2.33. The van der Waals surface area contributed by atoms with E-state index in [1.54, 1.807) is 17.0 Å². The van der Waals surface area contributed by atoms with Crippen LogP contribution < -0.4 is 0 Å². The number of amides is 1. The normalized spacial score (nSPS) is 11.2. The highest BCUT2D eigenvalue weighted by molar-refractivity contribution is 6.29. The van der Waals surface area contributed by atoms with Crippen molar-refractivity contribution >= 4 is 17.5 Å². The molecule has 0 unspecified atom stereocenters. The maximum atomic E-state index is 12.4. The number of hydrogen-bond acceptors (Lipinski definition) is 2. The highest BCUT2D eigenvalue weighted by Crippen LogP contribution is 2.24. The highest BCUT2D eigenvalue weighted by atomic mass is 35.5. The number of carbonyl (C=O) groups is 1. The minimum Gasteiger partial charge on any atom is -0.335 e. The Morgan fingerprint density at radius 3 is 2.58 bits per heavy atom. The molecule has 0 aromatic carbocycles. The van der Waals surface area contributed by atoms with E-state index in [4.69, 9.17) is 11.6 Å². The zero-order valence-electron chi connectivity index (χ0n) is 12.0. The molecule has 0 saturated heterocycles. The molecule has 0 bridgehead atoms. The van der Waals surface area contributed by atoms with Crippen molar-refractivity contribution < 1.29 is 4.79 Å². The molecule has 0 aliphatic carbocycles. The lowest BCUT2D eigenvalue weighted by Gasteiger charge is -2.22. The summed E-state index contributed by atoms with van der Waals surface area (Å²) >= 11 is 6.02. The van der Waals surface area contributed by atoms with E-state index >= 15 is 0 Å². The van der Waals surface area contributed by atoms with Crippen molar-refractivity contribution in [3.05, 3.63) is 41.2 Å². The van der Waals surface area contributed by atoms with Crippen LogP contribution in [0.4, 0.5) is 0 Å². The van der Waals surface area contributed by atoms with Gasteiger partial charge in [0.15, 0.2) is 0 Å². The first-order valence-corrected chi connectivity index (χ1v) is 6.75. The molecular weight excluding hydrogens is 260 g/mol. The molecule has 0 fully saturated rings. The molecule has 1 heterocycles. The van der Waals surface area contributed by atoms with E-state index in [-0.39, 0.29) is 11.3 Å². The molecule has 1 aromatic rings. The van der Waals surface area contributed by atoms with Crippen LogP contribution in [-0.2, 0) is 5.41 Å². The Morgan fingerprint density at radius 2 is 2.11 bits per heavy atom. The molecule has 1 amide bonds. The number of hydrogen-bond donors (Lipinski definition) is 0. The van der Waals surface area contributed by atoms with Crippen molar-refractivity contribution in [3.63, 3.8) is 0 Å². The summed E-state index contributed by atoms with van der Waals surface area (Å²) in [7, 11) is 0. The molecule has 1 rings (SSSR count). The predicted octanol–water partition coefficient (Wildman–Crippen LogP) is 3.68. The maximum absolute atomic E-state index is 12.4. The quantitative estimate of drug-likeness (QED) is 0.623. The van der Waals surface area contributed by atoms with Crippen LogP contribution in [0.3, 0.4) is 0 Å². The van der Waals surface area contributed by atoms with Gasteiger partial charge in [-0.15, -0.1) is 6.58 Å². The van der Waals surface area contributed by atoms with Crippen molar-refractivity contribution in [2.75, 3.05) is 13.1 Å². The fourth-order valence-corrected chi connectivity index (χ4v) is 1.91. The number of aromatic nitrogens is 1. The maximum Gasteiger partial charge on any atom is 0.254 e. The molecule has 0 saturated carbocycles. The monoisotopic (exact) mass is 280 g/mol. The van der Waals surface area contributed by atoms with Crippen LogP contribution in [-0.4, -0.2) is 28.9 Å². The van der Waals surface area contributed by atoms with Crippen molar-refractivity contribution in [2.24, 2.45) is 0 Å². The predicted molar refractivity (Wildman–Crippen MR) is 79.7 cm³/mol. The molecule has 104 valence electrons. The Bertz CT molecular complexity index is 478. The van der Waals surface area contributed by atoms with E-state index in [1.165, 1.54) is 0 Å². The highest BCUT2D eigenvalue weighted by Gasteiger charge is 2.20. The molecule has 0 aliphatic rings. The third-order valence-corrected chi connectivity index (χ3v) is 3.02. The van der Waals surface area contributed by atoms with Gasteiger partial charge in [-0.25, -0.2) is 4.98 Å². The second-order valence-electron chi connectivity index (χ2n) is 5.45. The fourth-order valence-electron chi connectivity index (χ4n) is 1.70. The lowest BCUT2D eigenvalue weighted by atomic mass is 9.91. The molecule has 0 atom stereocenters. The summed E-state index contributed by atoms with van der Waals surface area (Å²) in [5.41, 5.74) is 1.25. The number of halogens is 1. The first kappa shape index (κ1) is 15.7. The smallest absolute Gasteiger partial charge is 0.254 e. The Balaban J connectivity index is 3.16. The Kier molecular flexibility index (Phi) is 5.12. The molecule has 0 spiro atoms. The van der Waals surface area contributed by atoms with Crippen LogP contribution in [0.5, 0.6) is 0 Å². The van der Waals surface area contributed by atoms with Gasteiger partial charge in [0.05, 0.1) is 0 Å². The van der Waals surface area contributed by atoms with Gasteiger partial charge in [-0.2, -0.15) is 0 Å². The third-order valence-electron chi connectivity index (χ3n) is 2.83. The Labute approximate surface area is 120 Å². The van der Waals surface area contributed by atoms with Crippen molar-refractivity contribution in [3.8, 4) is 0 Å². The van der Waals surface area contributed by atoms with Crippen molar-refractivity contribution in [1.82, 2.24) is 9.88 Å². The third kappa shape index (κ3) is 4.06. The summed E-state index contributed by atoms with van der Waals surface area (Å²) in [6.07, 6.45) is 1.72. The number of rotatable bonds is 4. The van der Waals surface area contributed by atoms with Gasteiger partial charge >= 0.3 is 0 Å². The van der Waals surface area contributed by atoms with E-state index in [0.29, 0.717) is 23.8 Å². The van der Waals surface area contributed by atoms with Gasteiger partial charge in [-0.1, -0.05) is 38.4 Å². The van der Waals surface area contributed by atoms with E-state index in [9.17, 15) is 4.79 Å². The van der Waals surface area contributed by atoms with E-state index in [0.717, 1.165) is 5.69 Å². The summed E-state index contributed by atoms with van der Waals surface area (Å²) in [6.45, 7) is 12.9. The van der Waals surface area contributed by atoms with Gasteiger partial charge in [0.25, 0.3) is 5.91 Å². The minimum absolute atomic E-state index is 0.0443. The van der Waals surface area contributed by atoms with Crippen LogP contribution in [0.1, 0.15) is 43.7 Å².